The van der Waals surface area contributed by atoms with E-state index in [1.165, 1.54) is 26.2 Å². The number of piperidine rings is 1. The summed E-state index contributed by atoms with van der Waals surface area (Å²) in [5, 5.41) is 23.6. The molecular weight excluding hydrogens is 486 g/mol. The van der Waals surface area contributed by atoms with Gasteiger partial charge in [-0.15, -0.1) is 0 Å². The molecule has 0 amide bonds. The van der Waals surface area contributed by atoms with Crippen molar-refractivity contribution >= 4 is 11.9 Å². The third kappa shape index (κ3) is 3.26. The second kappa shape index (κ2) is 8.53. The van der Waals surface area contributed by atoms with E-state index in [-0.39, 0.29) is 23.1 Å². The number of carbonyl (C=O) groups excluding carboxylic acids is 2. The molecule has 5 atom stereocenters. The topological polar surface area (TPSA) is 106 Å². The van der Waals surface area contributed by atoms with Crippen LogP contribution in [-0.4, -0.2) is 64.0 Å². The lowest BCUT2D eigenvalue weighted by Crippen LogP contribution is -2.77. The van der Waals surface area contributed by atoms with Crippen molar-refractivity contribution in [3.05, 3.63) is 53.1 Å². The second-order valence-corrected chi connectivity index (χ2v) is 11.7. The number of likely N-dealkylation sites (tertiary alicyclic amines) is 1. The number of ether oxygens (including phenoxy) is 3. The van der Waals surface area contributed by atoms with Crippen LogP contribution in [0.25, 0.3) is 0 Å². The summed E-state index contributed by atoms with van der Waals surface area (Å²) < 4.78 is 17.5. The first-order valence-electron chi connectivity index (χ1n) is 13.8. The van der Waals surface area contributed by atoms with Crippen molar-refractivity contribution in [2.45, 2.75) is 81.1 Å². The molecule has 3 aliphatic carbocycles. The number of nitrogens with zero attached hydrogens (tertiary/aromatic N) is 1. The van der Waals surface area contributed by atoms with Gasteiger partial charge < -0.3 is 24.4 Å². The first-order valence-corrected chi connectivity index (χ1v) is 13.8. The number of aliphatic hydroxyl groups is 2. The molecule has 5 aliphatic rings. The molecule has 0 radical (unpaired) electrons. The summed E-state index contributed by atoms with van der Waals surface area (Å²) in [7, 11) is 0. The Balaban J connectivity index is 1.28. The van der Waals surface area contributed by atoms with Crippen LogP contribution < -0.4 is 14.2 Å². The maximum absolute atomic E-state index is 13.2. The van der Waals surface area contributed by atoms with Crippen LogP contribution in [0.1, 0.15) is 66.9 Å². The Labute approximate surface area is 221 Å². The number of benzene rings is 2. The van der Waals surface area contributed by atoms with Gasteiger partial charge in [-0.3, -0.25) is 9.69 Å². The predicted molar refractivity (Wildman–Crippen MR) is 136 cm³/mol. The standard InChI is InChI=1S/C30H33NO7/c1-17(32)36-22-8-3-2-7-20(22)28(34)37-23-10-9-19-15-24-30(35)12-11-21(33)27-29(30,25(19)26(23)38-27)13-14-31(24)16-18-5-4-6-18/h2-3,7-10,18,21,24,27,33,35H,4-6,11-16H2,1H3/t21-,24-,27-,29-,30+/m0/s1. The zero-order valence-electron chi connectivity index (χ0n) is 21.5. The van der Waals surface area contributed by atoms with Gasteiger partial charge >= 0.3 is 11.9 Å². The average Bonchev–Trinajstić information content (AvgIpc) is 3.22. The number of carbonyl (C=O) groups is 2. The molecular formula is C30H33NO7. The minimum Gasteiger partial charge on any atom is -0.482 e. The lowest BCUT2D eigenvalue weighted by molar-refractivity contribution is -0.209. The number of hydrogen-bond donors (Lipinski definition) is 2. The molecule has 1 spiro atoms. The Hall–Kier alpha value is -2.94. The normalized spacial score (nSPS) is 33.1. The third-order valence-corrected chi connectivity index (χ3v) is 9.81. The molecule has 1 saturated heterocycles. The fourth-order valence-corrected chi connectivity index (χ4v) is 7.93. The van der Waals surface area contributed by atoms with Gasteiger partial charge in [0, 0.05) is 25.1 Å². The Morgan fingerprint density at radius 2 is 1.89 bits per heavy atom. The average molecular weight is 520 g/mol. The second-order valence-electron chi connectivity index (χ2n) is 11.7. The molecule has 8 nitrogen and oxygen atoms in total. The van der Waals surface area contributed by atoms with E-state index in [0.29, 0.717) is 37.4 Å². The largest absolute Gasteiger partial charge is 0.482 e. The van der Waals surface area contributed by atoms with Gasteiger partial charge in [-0.05, 0) is 74.8 Å². The van der Waals surface area contributed by atoms with Crippen LogP contribution in [0.4, 0.5) is 0 Å². The van der Waals surface area contributed by atoms with Crippen LogP contribution in [-0.2, 0) is 16.6 Å². The van der Waals surface area contributed by atoms with Crippen LogP contribution in [0.3, 0.4) is 0 Å². The van der Waals surface area contributed by atoms with E-state index in [2.05, 4.69) is 4.90 Å². The minimum atomic E-state index is -1.03. The molecule has 2 heterocycles. The highest BCUT2D eigenvalue weighted by Crippen LogP contribution is 2.65. The SMILES string of the molecule is CC(=O)Oc1ccccc1C(=O)Oc1ccc2c3c1O[C@H]1[C@@H](O)CC[C@@]4(O)[C@H](C2)N(CC2CCC2)CC[C@]314. The molecule has 2 N–H and O–H groups in total. The maximum Gasteiger partial charge on any atom is 0.347 e. The van der Waals surface area contributed by atoms with Crippen LogP contribution in [0.5, 0.6) is 17.2 Å². The predicted octanol–water partition coefficient (Wildman–Crippen LogP) is 3.15. The molecule has 2 aromatic carbocycles. The van der Waals surface area contributed by atoms with E-state index in [9.17, 15) is 19.8 Å². The molecule has 2 saturated carbocycles. The summed E-state index contributed by atoms with van der Waals surface area (Å²) in [5.74, 6) is 0.311. The number of aliphatic hydroxyl groups excluding tert-OH is 1. The van der Waals surface area contributed by atoms with Crippen LogP contribution in [0, 0.1) is 5.92 Å². The minimum absolute atomic E-state index is 0.0297. The van der Waals surface area contributed by atoms with Crippen LogP contribution in [0.15, 0.2) is 36.4 Å². The molecule has 0 aromatic heterocycles. The Bertz CT molecular complexity index is 1320. The monoisotopic (exact) mass is 519 g/mol. The van der Waals surface area contributed by atoms with Gasteiger partial charge in [0.05, 0.1) is 17.1 Å². The van der Waals surface area contributed by atoms with E-state index in [1.807, 2.05) is 6.07 Å². The molecule has 38 heavy (non-hydrogen) atoms. The number of rotatable bonds is 5. The van der Waals surface area contributed by atoms with Crippen molar-refractivity contribution < 1.29 is 34.0 Å². The lowest BCUT2D eigenvalue weighted by Gasteiger charge is -2.64. The van der Waals surface area contributed by atoms with Crippen molar-refractivity contribution in [3.8, 4) is 17.2 Å². The van der Waals surface area contributed by atoms with Gasteiger partial charge in [-0.25, -0.2) is 4.79 Å². The number of para-hydroxylation sites is 1. The summed E-state index contributed by atoms with van der Waals surface area (Å²) in [4.78, 5) is 27.3. The Kier molecular flexibility index (Phi) is 5.42. The molecule has 200 valence electrons. The van der Waals surface area contributed by atoms with Crippen LogP contribution >= 0.6 is 0 Å². The fraction of sp³-hybridized carbons (Fsp3) is 0.533. The highest BCUT2D eigenvalue weighted by molar-refractivity contribution is 5.95. The molecule has 3 fully saturated rings. The lowest BCUT2D eigenvalue weighted by atomic mass is 9.48. The highest BCUT2D eigenvalue weighted by atomic mass is 16.6. The molecule has 2 aliphatic heterocycles. The van der Waals surface area contributed by atoms with Gasteiger partial charge in [-0.2, -0.15) is 0 Å². The van der Waals surface area contributed by atoms with Gasteiger partial charge in [0.1, 0.15) is 17.4 Å². The molecule has 2 aromatic rings. The highest BCUT2D eigenvalue weighted by Gasteiger charge is 2.73. The van der Waals surface area contributed by atoms with Gasteiger partial charge in [-0.1, -0.05) is 24.6 Å². The molecule has 8 heteroatoms. The zero-order chi connectivity index (χ0) is 26.2. The summed E-state index contributed by atoms with van der Waals surface area (Å²) in [6, 6.07) is 10.1. The van der Waals surface area contributed by atoms with Gasteiger partial charge in [0.15, 0.2) is 11.5 Å². The first kappa shape index (κ1) is 24.1. The van der Waals surface area contributed by atoms with Gasteiger partial charge in [0.2, 0.25) is 0 Å². The van der Waals surface area contributed by atoms with Crippen molar-refractivity contribution in [2.75, 3.05) is 13.1 Å². The molecule has 0 unspecified atom stereocenters. The smallest absolute Gasteiger partial charge is 0.347 e. The van der Waals surface area contributed by atoms with Crippen LogP contribution in [0.2, 0.25) is 0 Å². The fourth-order valence-electron chi connectivity index (χ4n) is 7.93. The summed E-state index contributed by atoms with van der Waals surface area (Å²) >= 11 is 0. The maximum atomic E-state index is 13.2. The number of esters is 2. The number of hydrogen-bond acceptors (Lipinski definition) is 8. The Morgan fingerprint density at radius 1 is 1.08 bits per heavy atom. The zero-order valence-corrected chi connectivity index (χ0v) is 21.5. The molecule has 7 rings (SSSR count). The molecule has 2 bridgehead atoms. The summed E-state index contributed by atoms with van der Waals surface area (Å²) in [5.41, 5.74) is 0.336. The summed E-state index contributed by atoms with van der Waals surface area (Å²) in [6.07, 6.45) is 4.84. The van der Waals surface area contributed by atoms with Crippen molar-refractivity contribution in [3.63, 3.8) is 0 Å². The third-order valence-electron chi connectivity index (χ3n) is 9.81. The quantitative estimate of drug-likeness (QED) is 0.459. The van der Waals surface area contributed by atoms with Crippen molar-refractivity contribution in [1.82, 2.24) is 4.90 Å². The van der Waals surface area contributed by atoms with E-state index in [1.54, 1.807) is 30.3 Å². The summed E-state index contributed by atoms with van der Waals surface area (Å²) in [6.45, 7) is 3.13. The van der Waals surface area contributed by atoms with Gasteiger partial charge in [0.25, 0.3) is 0 Å². The van der Waals surface area contributed by atoms with Crippen molar-refractivity contribution in [1.29, 1.82) is 0 Å². The van der Waals surface area contributed by atoms with Crippen molar-refractivity contribution in [2.24, 2.45) is 5.92 Å². The van der Waals surface area contributed by atoms with E-state index in [4.69, 9.17) is 14.2 Å². The van der Waals surface area contributed by atoms with E-state index in [0.717, 1.165) is 24.2 Å². The van der Waals surface area contributed by atoms with E-state index < -0.39 is 35.2 Å². The van der Waals surface area contributed by atoms with E-state index >= 15 is 0 Å². The first-order chi connectivity index (χ1) is 18.3. The Morgan fingerprint density at radius 3 is 2.66 bits per heavy atom.